The molecule has 0 radical (unpaired) electrons. The third-order valence-corrected chi connectivity index (χ3v) is 3.90. The van der Waals surface area contributed by atoms with E-state index in [9.17, 15) is 0 Å². The van der Waals surface area contributed by atoms with E-state index in [2.05, 4.69) is 28.3 Å². The van der Waals surface area contributed by atoms with Crippen LogP contribution in [0.3, 0.4) is 0 Å². The van der Waals surface area contributed by atoms with E-state index in [4.69, 9.17) is 0 Å². The number of nitrogens with one attached hydrogen (secondary N) is 1. The highest BCUT2D eigenvalue weighted by molar-refractivity contribution is 7.11. The number of rotatable bonds is 3. The van der Waals surface area contributed by atoms with Gasteiger partial charge in [-0.25, -0.2) is 4.98 Å². The molecule has 0 aliphatic heterocycles. The van der Waals surface area contributed by atoms with Crippen LogP contribution < -0.4 is 5.32 Å². The van der Waals surface area contributed by atoms with Gasteiger partial charge in [0.2, 0.25) is 0 Å². The summed E-state index contributed by atoms with van der Waals surface area (Å²) in [4.78, 5) is 10.1. The minimum Gasteiger partial charge on any atom is -0.309 e. The molecule has 0 saturated carbocycles. The molecule has 1 atom stereocenters. The summed E-state index contributed by atoms with van der Waals surface area (Å²) in [6.07, 6.45) is 1.94. The predicted molar refractivity (Wildman–Crippen MR) is 71.5 cm³/mol. The van der Waals surface area contributed by atoms with Gasteiger partial charge in [-0.15, -0.1) is 11.3 Å². The molecule has 2 aromatic rings. The average Bonchev–Trinajstić information content (AvgIpc) is 2.62. The number of hydrogen-bond acceptors (Lipinski definition) is 4. The van der Waals surface area contributed by atoms with E-state index in [-0.39, 0.29) is 6.04 Å². The largest absolute Gasteiger partial charge is 0.309 e. The van der Waals surface area contributed by atoms with Crippen LogP contribution in [0.4, 0.5) is 0 Å². The van der Waals surface area contributed by atoms with Gasteiger partial charge in [0.05, 0.1) is 16.7 Å². The summed E-state index contributed by atoms with van der Waals surface area (Å²) in [6.45, 7) is 6.10. The number of nitrogens with zero attached hydrogens (tertiary/aromatic N) is 2. The normalized spacial score (nSPS) is 12.7. The molecule has 0 saturated heterocycles. The van der Waals surface area contributed by atoms with Gasteiger partial charge in [0, 0.05) is 16.8 Å². The zero-order valence-electron chi connectivity index (χ0n) is 10.6. The van der Waals surface area contributed by atoms with Crippen LogP contribution in [0, 0.1) is 20.8 Å². The maximum atomic E-state index is 4.48. The van der Waals surface area contributed by atoms with E-state index < -0.39 is 0 Å². The van der Waals surface area contributed by atoms with Crippen molar-refractivity contribution in [3.8, 4) is 0 Å². The summed E-state index contributed by atoms with van der Waals surface area (Å²) in [6, 6.07) is 4.36. The van der Waals surface area contributed by atoms with Crippen molar-refractivity contribution in [2.24, 2.45) is 0 Å². The van der Waals surface area contributed by atoms with Crippen molar-refractivity contribution in [2.45, 2.75) is 26.8 Å². The SMILES string of the molecule is CNC(c1ccc(C)nc1)c1sc(C)nc1C. The molecule has 0 aliphatic carbocycles. The molecule has 90 valence electrons. The Balaban J connectivity index is 2.39. The molecule has 1 N–H and O–H groups in total. The first-order valence-corrected chi connectivity index (χ1v) is 6.47. The Morgan fingerprint density at radius 3 is 2.47 bits per heavy atom. The van der Waals surface area contributed by atoms with E-state index in [1.165, 1.54) is 10.4 Å². The van der Waals surface area contributed by atoms with E-state index in [0.717, 1.165) is 16.4 Å². The van der Waals surface area contributed by atoms with Gasteiger partial charge in [-0.05, 0) is 39.4 Å². The van der Waals surface area contributed by atoms with Crippen LogP contribution >= 0.6 is 11.3 Å². The van der Waals surface area contributed by atoms with E-state index in [1.807, 2.05) is 33.2 Å². The van der Waals surface area contributed by atoms with Crippen LogP contribution in [-0.2, 0) is 0 Å². The highest BCUT2D eigenvalue weighted by Gasteiger charge is 2.17. The highest BCUT2D eigenvalue weighted by Crippen LogP contribution is 2.29. The smallest absolute Gasteiger partial charge is 0.0900 e. The lowest BCUT2D eigenvalue weighted by Crippen LogP contribution is -2.17. The third kappa shape index (κ3) is 2.53. The molecule has 2 heterocycles. The second kappa shape index (κ2) is 4.94. The van der Waals surface area contributed by atoms with Crippen LogP contribution in [0.15, 0.2) is 18.3 Å². The minimum atomic E-state index is 0.189. The molecule has 0 fully saturated rings. The van der Waals surface area contributed by atoms with E-state index in [0.29, 0.717) is 0 Å². The van der Waals surface area contributed by atoms with Gasteiger partial charge >= 0.3 is 0 Å². The maximum Gasteiger partial charge on any atom is 0.0900 e. The Morgan fingerprint density at radius 2 is 2.00 bits per heavy atom. The molecule has 0 spiro atoms. The standard InChI is InChI=1S/C13H17N3S/c1-8-5-6-11(7-15-8)12(14-4)13-9(2)16-10(3)17-13/h5-7,12,14H,1-4H3. The van der Waals surface area contributed by atoms with Gasteiger partial charge in [0.1, 0.15) is 0 Å². The fraction of sp³-hybridized carbons (Fsp3) is 0.385. The first-order chi connectivity index (χ1) is 8.11. The predicted octanol–water partition coefficient (Wildman–Crippen LogP) is 2.77. The maximum absolute atomic E-state index is 4.48. The Labute approximate surface area is 106 Å². The fourth-order valence-corrected chi connectivity index (χ4v) is 2.98. The van der Waals surface area contributed by atoms with Crippen molar-refractivity contribution in [3.05, 3.63) is 45.2 Å². The molecular formula is C13H17N3S. The number of pyridine rings is 1. The average molecular weight is 247 g/mol. The lowest BCUT2D eigenvalue weighted by atomic mass is 10.1. The molecule has 3 nitrogen and oxygen atoms in total. The summed E-state index contributed by atoms with van der Waals surface area (Å²) in [7, 11) is 1.97. The van der Waals surface area contributed by atoms with Crippen molar-refractivity contribution in [2.75, 3.05) is 7.05 Å². The van der Waals surface area contributed by atoms with Gasteiger partial charge < -0.3 is 5.32 Å². The van der Waals surface area contributed by atoms with Crippen molar-refractivity contribution >= 4 is 11.3 Å². The minimum absolute atomic E-state index is 0.189. The zero-order valence-corrected chi connectivity index (χ0v) is 11.4. The van der Waals surface area contributed by atoms with Crippen LogP contribution in [0.5, 0.6) is 0 Å². The van der Waals surface area contributed by atoms with E-state index in [1.54, 1.807) is 11.3 Å². The quantitative estimate of drug-likeness (QED) is 0.906. The first kappa shape index (κ1) is 12.2. The molecule has 4 heteroatoms. The summed E-state index contributed by atoms with van der Waals surface area (Å²) >= 11 is 1.74. The molecule has 0 aromatic carbocycles. The molecule has 0 amide bonds. The van der Waals surface area contributed by atoms with Gasteiger partial charge in [-0.2, -0.15) is 0 Å². The zero-order chi connectivity index (χ0) is 12.4. The molecule has 2 aromatic heterocycles. The number of hydrogen-bond donors (Lipinski definition) is 1. The van der Waals surface area contributed by atoms with E-state index >= 15 is 0 Å². The number of thiazole rings is 1. The third-order valence-electron chi connectivity index (χ3n) is 2.76. The second-order valence-electron chi connectivity index (χ2n) is 4.14. The summed E-state index contributed by atoms with van der Waals surface area (Å²) < 4.78 is 0. The Hall–Kier alpha value is -1.26. The second-order valence-corrected chi connectivity index (χ2v) is 5.37. The number of aromatic nitrogens is 2. The van der Waals surface area contributed by atoms with Crippen molar-refractivity contribution in [1.29, 1.82) is 0 Å². The topological polar surface area (TPSA) is 37.8 Å². The fourth-order valence-electron chi connectivity index (χ4n) is 1.91. The van der Waals surface area contributed by atoms with Crippen LogP contribution in [0.1, 0.15) is 32.9 Å². The first-order valence-electron chi connectivity index (χ1n) is 5.65. The van der Waals surface area contributed by atoms with Gasteiger partial charge in [0.25, 0.3) is 0 Å². The molecular weight excluding hydrogens is 230 g/mol. The summed E-state index contributed by atoms with van der Waals surface area (Å²) in [5, 5.41) is 4.45. The highest BCUT2D eigenvalue weighted by atomic mass is 32.1. The molecule has 17 heavy (non-hydrogen) atoms. The van der Waals surface area contributed by atoms with Gasteiger partial charge in [-0.3, -0.25) is 4.98 Å². The Kier molecular flexibility index (Phi) is 3.54. The Bertz CT molecular complexity index is 502. The molecule has 1 unspecified atom stereocenters. The van der Waals surface area contributed by atoms with Crippen molar-refractivity contribution in [3.63, 3.8) is 0 Å². The van der Waals surface area contributed by atoms with Crippen LogP contribution in [-0.4, -0.2) is 17.0 Å². The van der Waals surface area contributed by atoms with Crippen LogP contribution in [0.2, 0.25) is 0 Å². The van der Waals surface area contributed by atoms with Crippen LogP contribution in [0.25, 0.3) is 0 Å². The summed E-state index contributed by atoms with van der Waals surface area (Å²) in [5.74, 6) is 0. The van der Waals surface area contributed by atoms with Gasteiger partial charge in [-0.1, -0.05) is 6.07 Å². The van der Waals surface area contributed by atoms with Crippen molar-refractivity contribution in [1.82, 2.24) is 15.3 Å². The molecule has 0 bridgehead atoms. The lowest BCUT2D eigenvalue weighted by Gasteiger charge is -2.15. The monoisotopic (exact) mass is 247 g/mol. The van der Waals surface area contributed by atoms with Gasteiger partial charge in [0.15, 0.2) is 0 Å². The Morgan fingerprint density at radius 1 is 1.24 bits per heavy atom. The number of aryl methyl sites for hydroxylation is 3. The van der Waals surface area contributed by atoms with Crippen molar-refractivity contribution < 1.29 is 0 Å². The molecule has 0 aliphatic rings. The lowest BCUT2D eigenvalue weighted by molar-refractivity contribution is 0.694. The summed E-state index contributed by atoms with van der Waals surface area (Å²) in [5.41, 5.74) is 3.33. The molecule has 2 rings (SSSR count).